The highest BCUT2D eigenvalue weighted by molar-refractivity contribution is 9.10. The van der Waals surface area contributed by atoms with E-state index in [1.807, 2.05) is 12.1 Å². The second-order valence-electron chi connectivity index (χ2n) is 7.04. The molecule has 2 aliphatic rings. The van der Waals surface area contributed by atoms with Crippen LogP contribution in [0, 0.1) is 11.8 Å². The number of alkyl halides is 4. The summed E-state index contributed by atoms with van der Waals surface area (Å²) in [5, 5.41) is 5.13. The Morgan fingerprint density at radius 1 is 1.30 bits per heavy atom. The standard InChI is InChI=1S/C19H20Br2F2N2O2/c1-2-11(12-5-6-24-18(21)13(12)9-20)14-4-3-10-7-16-17(8-15(10)25-14)27-19(22,23)26-16/h3-4,7-8,11-13,18,24H,2,5-6,9H2,1H3. The van der Waals surface area contributed by atoms with E-state index in [0.717, 1.165) is 35.8 Å². The van der Waals surface area contributed by atoms with Gasteiger partial charge in [0.05, 0.1) is 10.5 Å². The largest absolute Gasteiger partial charge is 0.586 e. The van der Waals surface area contributed by atoms with Crippen LogP contribution in [0.25, 0.3) is 10.9 Å². The lowest BCUT2D eigenvalue weighted by atomic mass is 9.75. The van der Waals surface area contributed by atoms with Crippen LogP contribution in [0.1, 0.15) is 31.4 Å². The molecule has 27 heavy (non-hydrogen) atoms. The van der Waals surface area contributed by atoms with Crippen molar-refractivity contribution in [1.82, 2.24) is 10.3 Å². The quantitative estimate of drug-likeness (QED) is 0.446. The fourth-order valence-corrected chi connectivity index (χ4v) is 6.35. The molecule has 3 heterocycles. The van der Waals surface area contributed by atoms with Crippen molar-refractivity contribution in [3.8, 4) is 11.5 Å². The number of benzene rings is 1. The zero-order chi connectivity index (χ0) is 19.2. The van der Waals surface area contributed by atoms with Crippen LogP contribution in [0.2, 0.25) is 0 Å². The first-order valence-electron chi connectivity index (χ1n) is 9.06. The summed E-state index contributed by atoms with van der Waals surface area (Å²) in [5.74, 6) is 1.30. The third-order valence-electron chi connectivity index (χ3n) is 5.49. The monoisotopic (exact) mass is 504 g/mol. The van der Waals surface area contributed by atoms with Crippen LogP contribution in [0.3, 0.4) is 0 Å². The van der Waals surface area contributed by atoms with E-state index in [1.54, 1.807) is 12.1 Å². The van der Waals surface area contributed by atoms with E-state index in [1.165, 1.54) is 0 Å². The number of ether oxygens (including phenoxy) is 2. The molecule has 0 amide bonds. The third kappa shape index (κ3) is 3.68. The van der Waals surface area contributed by atoms with Crippen molar-refractivity contribution in [3.05, 3.63) is 30.0 Å². The fraction of sp³-hybridized carbons (Fsp3) is 0.526. The highest BCUT2D eigenvalue weighted by Gasteiger charge is 2.43. The van der Waals surface area contributed by atoms with Crippen molar-refractivity contribution in [1.29, 1.82) is 0 Å². The molecule has 4 rings (SSSR count). The number of fused-ring (bicyclic) bond motifs is 2. The van der Waals surface area contributed by atoms with Gasteiger partial charge in [0.2, 0.25) is 0 Å². The molecule has 0 radical (unpaired) electrons. The minimum Gasteiger partial charge on any atom is -0.395 e. The van der Waals surface area contributed by atoms with Gasteiger partial charge in [-0.1, -0.05) is 44.8 Å². The summed E-state index contributed by atoms with van der Waals surface area (Å²) in [6.07, 6.45) is -1.57. The van der Waals surface area contributed by atoms with Crippen molar-refractivity contribution in [2.75, 3.05) is 11.9 Å². The molecular weight excluding hydrogens is 486 g/mol. The van der Waals surface area contributed by atoms with Gasteiger partial charge in [-0.15, -0.1) is 8.78 Å². The summed E-state index contributed by atoms with van der Waals surface area (Å²) in [6, 6.07) is 7.03. The maximum Gasteiger partial charge on any atom is 0.586 e. The lowest BCUT2D eigenvalue weighted by Crippen LogP contribution is -2.45. The molecule has 2 aliphatic heterocycles. The van der Waals surface area contributed by atoms with E-state index in [-0.39, 0.29) is 16.5 Å². The van der Waals surface area contributed by atoms with Crippen LogP contribution in [-0.4, -0.2) is 28.1 Å². The van der Waals surface area contributed by atoms with Crippen molar-refractivity contribution < 1.29 is 18.3 Å². The zero-order valence-corrected chi connectivity index (χ0v) is 17.9. The molecule has 4 nitrogen and oxygen atoms in total. The van der Waals surface area contributed by atoms with Crippen LogP contribution in [0.15, 0.2) is 24.3 Å². The molecule has 8 heteroatoms. The molecule has 0 aliphatic carbocycles. The Morgan fingerprint density at radius 3 is 2.74 bits per heavy atom. The number of pyridine rings is 1. The number of hydrogen-bond acceptors (Lipinski definition) is 4. The lowest BCUT2D eigenvalue weighted by molar-refractivity contribution is -0.286. The maximum absolute atomic E-state index is 13.3. The van der Waals surface area contributed by atoms with Crippen LogP contribution >= 0.6 is 31.9 Å². The molecule has 1 saturated heterocycles. The Labute approximate surface area is 173 Å². The molecule has 0 saturated carbocycles. The summed E-state index contributed by atoms with van der Waals surface area (Å²) in [5.41, 5.74) is 1.64. The number of nitrogens with zero attached hydrogens (tertiary/aromatic N) is 1. The summed E-state index contributed by atoms with van der Waals surface area (Å²) in [4.78, 5) is 5.07. The van der Waals surface area contributed by atoms with E-state index in [0.29, 0.717) is 23.3 Å². The highest BCUT2D eigenvalue weighted by atomic mass is 79.9. The topological polar surface area (TPSA) is 43.4 Å². The minimum absolute atomic E-state index is 0.0333. The fourth-order valence-electron chi connectivity index (χ4n) is 4.18. The molecule has 2 aromatic rings. The van der Waals surface area contributed by atoms with Gasteiger partial charge >= 0.3 is 6.29 Å². The van der Waals surface area contributed by atoms with Crippen molar-refractivity contribution in [3.63, 3.8) is 0 Å². The van der Waals surface area contributed by atoms with Gasteiger partial charge in [0.15, 0.2) is 11.5 Å². The lowest BCUT2D eigenvalue weighted by Gasteiger charge is -2.39. The number of rotatable bonds is 4. The molecule has 0 spiro atoms. The second-order valence-corrected chi connectivity index (χ2v) is 8.67. The summed E-state index contributed by atoms with van der Waals surface area (Å²) in [7, 11) is 0. The van der Waals surface area contributed by atoms with Crippen LogP contribution in [0.4, 0.5) is 8.78 Å². The van der Waals surface area contributed by atoms with E-state index in [9.17, 15) is 8.78 Å². The Hall–Kier alpha value is -0.990. The van der Waals surface area contributed by atoms with Crippen LogP contribution < -0.4 is 14.8 Å². The van der Waals surface area contributed by atoms with Gasteiger partial charge < -0.3 is 14.8 Å². The second kappa shape index (κ2) is 7.44. The first kappa shape index (κ1) is 19.3. The first-order valence-corrected chi connectivity index (χ1v) is 11.1. The molecule has 1 aromatic heterocycles. The molecule has 146 valence electrons. The molecule has 1 aromatic carbocycles. The predicted octanol–water partition coefficient (Wildman–Crippen LogP) is 5.39. The Kier molecular flexibility index (Phi) is 5.33. The van der Waals surface area contributed by atoms with Crippen LogP contribution in [-0.2, 0) is 0 Å². The van der Waals surface area contributed by atoms with E-state index >= 15 is 0 Å². The van der Waals surface area contributed by atoms with E-state index < -0.39 is 6.29 Å². The van der Waals surface area contributed by atoms with Gasteiger partial charge in [-0.3, -0.25) is 4.98 Å². The molecule has 1 N–H and O–H groups in total. The summed E-state index contributed by atoms with van der Waals surface area (Å²) < 4.78 is 35.8. The smallest absolute Gasteiger partial charge is 0.395 e. The summed E-state index contributed by atoms with van der Waals surface area (Å²) in [6.45, 7) is 3.13. The van der Waals surface area contributed by atoms with Gasteiger partial charge in [0.25, 0.3) is 0 Å². The third-order valence-corrected chi connectivity index (χ3v) is 7.24. The average Bonchev–Trinajstić information content (AvgIpc) is 2.93. The normalized spacial score (nSPS) is 27.7. The maximum atomic E-state index is 13.3. The van der Waals surface area contributed by atoms with Crippen molar-refractivity contribution in [2.45, 2.75) is 36.9 Å². The number of hydrogen-bond donors (Lipinski definition) is 1. The Bertz CT molecular complexity index is 852. The van der Waals surface area contributed by atoms with Gasteiger partial charge in [-0.05, 0) is 43.4 Å². The average molecular weight is 506 g/mol. The molecule has 4 atom stereocenters. The predicted molar refractivity (Wildman–Crippen MR) is 107 cm³/mol. The van der Waals surface area contributed by atoms with Gasteiger partial charge in [-0.2, -0.15) is 0 Å². The molecule has 4 unspecified atom stereocenters. The number of nitrogens with one attached hydrogen (secondary N) is 1. The van der Waals surface area contributed by atoms with E-state index in [4.69, 9.17) is 4.98 Å². The highest BCUT2D eigenvalue weighted by Crippen LogP contribution is 2.44. The van der Waals surface area contributed by atoms with Gasteiger partial charge in [-0.25, -0.2) is 0 Å². The van der Waals surface area contributed by atoms with Crippen molar-refractivity contribution >= 4 is 42.8 Å². The number of aromatic nitrogens is 1. The summed E-state index contributed by atoms with van der Waals surface area (Å²) >= 11 is 7.40. The first-order chi connectivity index (χ1) is 12.9. The van der Waals surface area contributed by atoms with Crippen LogP contribution in [0.5, 0.6) is 11.5 Å². The van der Waals surface area contributed by atoms with E-state index in [2.05, 4.69) is 53.6 Å². The zero-order valence-electron chi connectivity index (χ0n) is 14.7. The number of piperidine rings is 1. The van der Waals surface area contributed by atoms with Gasteiger partial charge in [0.1, 0.15) is 0 Å². The molecular formula is C19H20Br2F2N2O2. The minimum atomic E-state index is -3.61. The SMILES string of the molecule is CCC(c1ccc2cc3c(cc2n1)OC(F)(F)O3)C1CCNC(Br)C1CBr. The Morgan fingerprint density at radius 2 is 2.04 bits per heavy atom. The Balaban J connectivity index is 1.69. The molecule has 0 bridgehead atoms. The van der Waals surface area contributed by atoms with Crippen molar-refractivity contribution in [2.24, 2.45) is 11.8 Å². The number of halogens is 4. The molecule has 1 fully saturated rings. The van der Waals surface area contributed by atoms with Gasteiger partial charge in [0, 0.05) is 28.4 Å².